The molecule has 0 spiro atoms. The second-order valence-electron chi connectivity index (χ2n) is 8.04. The normalized spacial score (nSPS) is 22.5. The molecule has 31 heavy (non-hydrogen) atoms. The Morgan fingerprint density at radius 1 is 1.19 bits per heavy atom. The third kappa shape index (κ3) is 4.90. The van der Waals surface area contributed by atoms with Crippen LogP contribution in [0.25, 0.3) is 0 Å². The van der Waals surface area contributed by atoms with Crippen LogP contribution in [-0.2, 0) is 14.8 Å². The standard InChI is InChI=1S/C19H24F2N4O4S2/c1-31(27,28)24-6-4-23(5-7-24)17-15(20)8-13(9-16(17)21)25-11-14(29-19(25)26)10-22-18(30)12-2-3-12/h8-9,12,14H,2-7,10-11H2,1H3,(H,22,30). The summed E-state index contributed by atoms with van der Waals surface area (Å²) in [7, 11) is -3.34. The average Bonchev–Trinajstić information content (AvgIpc) is 3.48. The third-order valence-electron chi connectivity index (χ3n) is 5.66. The fourth-order valence-electron chi connectivity index (χ4n) is 3.80. The van der Waals surface area contributed by atoms with Gasteiger partial charge < -0.3 is 15.0 Å². The van der Waals surface area contributed by atoms with Crippen molar-refractivity contribution in [3.05, 3.63) is 23.8 Å². The van der Waals surface area contributed by atoms with Gasteiger partial charge in [0.15, 0.2) is 11.6 Å². The zero-order valence-electron chi connectivity index (χ0n) is 17.0. The van der Waals surface area contributed by atoms with Crippen molar-refractivity contribution in [2.24, 2.45) is 5.92 Å². The lowest BCUT2D eigenvalue weighted by molar-refractivity contribution is 0.143. The maximum atomic E-state index is 14.8. The molecular formula is C19H24F2N4O4S2. The minimum absolute atomic E-state index is 0.0748. The zero-order chi connectivity index (χ0) is 22.3. The number of hydrogen-bond donors (Lipinski definition) is 1. The predicted octanol–water partition coefficient (Wildman–Crippen LogP) is 1.70. The molecule has 2 aliphatic heterocycles. The molecule has 8 nitrogen and oxygen atoms in total. The first-order valence-corrected chi connectivity index (χ1v) is 12.3. The Hall–Kier alpha value is -2.05. The van der Waals surface area contributed by atoms with Gasteiger partial charge in [-0.05, 0) is 12.8 Å². The number of anilines is 2. The summed E-state index contributed by atoms with van der Waals surface area (Å²) in [6.45, 7) is 1.14. The van der Waals surface area contributed by atoms with Crippen LogP contribution < -0.4 is 15.1 Å². The van der Waals surface area contributed by atoms with E-state index >= 15 is 0 Å². The van der Waals surface area contributed by atoms with Gasteiger partial charge in [0.1, 0.15) is 11.8 Å². The number of thiocarbonyl (C=S) groups is 1. The zero-order valence-corrected chi connectivity index (χ0v) is 18.6. The van der Waals surface area contributed by atoms with E-state index in [9.17, 15) is 22.0 Å². The van der Waals surface area contributed by atoms with E-state index < -0.39 is 33.9 Å². The van der Waals surface area contributed by atoms with Gasteiger partial charge in [-0.1, -0.05) is 12.2 Å². The number of hydrogen-bond acceptors (Lipinski definition) is 6. The van der Waals surface area contributed by atoms with Crippen molar-refractivity contribution < 1.29 is 26.7 Å². The van der Waals surface area contributed by atoms with Crippen LogP contribution in [-0.4, -0.2) is 75.4 Å². The number of nitrogens with one attached hydrogen (secondary N) is 1. The van der Waals surface area contributed by atoms with E-state index in [0.717, 1.165) is 36.2 Å². The topological polar surface area (TPSA) is 82.2 Å². The maximum Gasteiger partial charge on any atom is 0.414 e. The van der Waals surface area contributed by atoms with Gasteiger partial charge in [0.2, 0.25) is 10.0 Å². The highest BCUT2D eigenvalue weighted by molar-refractivity contribution is 7.88. The highest BCUT2D eigenvalue weighted by Gasteiger charge is 2.35. The van der Waals surface area contributed by atoms with Crippen molar-refractivity contribution in [1.29, 1.82) is 0 Å². The molecule has 0 aromatic heterocycles. The summed E-state index contributed by atoms with van der Waals surface area (Å²) in [6, 6.07) is 2.21. The molecule has 0 bridgehead atoms. The van der Waals surface area contributed by atoms with Crippen LogP contribution in [0, 0.1) is 17.6 Å². The Balaban J connectivity index is 1.42. The van der Waals surface area contributed by atoms with Crippen LogP contribution in [0.1, 0.15) is 12.8 Å². The van der Waals surface area contributed by atoms with Gasteiger partial charge in [0, 0.05) is 44.2 Å². The average molecular weight is 475 g/mol. The first kappa shape index (κ1) is 22.2. The van der Waals surface area contributed by atoms with Crippen LogP contribution in [0.3, 0.4) is 0 Å². The Kier molecular flexibility index (Phi) is 6.05. The molecule has 1 aromatic carbocycles. The van der Waals surface area contributed by atoms with Crippen LogP contribution >= 0.6 is 12.2 Å². The molecule has 1 N–H and O–H groups in total. The maximum absolute atomic E-state index is 14.8. The van der Waals surface area contributed by atoms with E-state index in [1.54, 1.807) is 0 Å². The Morgan fingerprint density at radius 3 is 2.35 bits per heavy atom. The number of ether oxygens (including phenoxy) is 1. The molecule has 2 heterocycles. The summed E-state index contributed by atoms with van der Waals surface area (Å²) in [6.07, 6.45) is 2.10. The number of carbonyl (C=O) groups excluding carboxylic acids is 1. The second-order valence-corrected chi connectivity index (χ2v) is 10.5. The van der Waals surface area contributed by atoms with E-state index in [-0.39, 0.29) is 44.1 Å². The van der Waals surface area contributed by atoms with Crippen molar-refractivity contribution in [1.82, 2.24) is 9.62 Å². The van der Waals surface area contributed by atoms with Gasteiger partial charge >= 0.3 is 6.09 Å². The molecule has 1 aromatic rings. The summed E-state index contributed by atoms with van der Waals surface area (Å²) in [5, 5.41) is 3.09. The van der Waals surface area contributed by atoms with Gasteiger partial charge in [0.25, 0.3) is 0 Å². The lowest BCUT2D eigenvalue weighted by Crippen LogP contribution is -2.48. The highest BCUT2D eigenvalue weighted by atomic mass is 32.2. The lowest BCUT2D eigenvalue weighted by atomic mass is 10.2. The summed E-state index contributed by atoms with van der Waals surface area (Å²) in [4.78, 5) is 15.7. The second kappa shape index (κ2) is 8.47. The third-order valence-corrected chi connectivity index (χ3v) is 7.44. The van der Waals surface area contributed by atoms with Crippen molar-refractivity contribution in [3.63, 3.8) is 0 Å². The molecule has 3 fully saturated rings. The van der Waals surface area contributed by atoms with Gasteiger partial charge in [0.05, 0.1) is 30.0 Å². The number of carbonyl (C=O) groups is 1. The minimum Gasteiger partial charge on any atom is -0.442 e. The first-order chi connectivity index (χ1) is 14.6. The predicted molar refractivity (Wildman–Crippen MR) is 116 cm³/mol. The molecule has 1 aliphatic carbocycles. The monoisotopic (exact) mass is 474 g/mol. The van der Waals surface area contributed by atoms with Gasteiger partial charge in [-0.2, -0.15) is 4.31 Å². The van der Waals surface area contributed by atoms with Crippen molar-refractivity contribution >= 4 is 44.7 Å². The number of amides is 1. The Bertz CT molecular complexity index is 972. The Morgan fingerprint density at radius 2 is 1.81 bits per heavy atom. The number of sulfonamides is 1. The van der Waals surface area contributed by atoms with E-state index in [1.807, 2.05) is 0 Å². The number of halogens is 2. The molecule has 1 saturated carbocycles. The van der Waals surface area contributed by atoms with Crippen molar-refractivity contribution in [2.45, 2.75) is 18.9 Å². The van der Waals surface area contributed by atoms with E-state index in [1.165, 1.54) is 14.1 Å². The van der Waals surface area contributed by atoms with E-state index in [4.69, 9.17) is 17.0 Å². The summed E-state index contributed by atoms with van der Waals surface area (Å²) >= 11 is 5.26. The lowest BCUT2D eigenvalue weighted by Gasteiger charge is -2.35. The van der Waals surface area contributed by atoms with E-state index in [2.05, 4.69) is 5.32 Å². The summed E-state index contributed by atoms with van der Waals surface area (Å²) in [5.74, 6) is -1.22. The number of nitrogens with zero attached hydrogens (tertiary/aromatic N) is 3. The van der Waals surface area contributed by atoms with Gasteiger partial charge in [-0.25, -0.2) is 22.0 Å². The molecular weight excluding hydrogens is 450 g/mol. The molecule has 1 atom stereocenters. The van der Waals surface area contributed by atoms with Gasteiger partial charge in [-0.3, -0.25) is 4.90 Å². The van der Waals surface area contributed by atoms with Crippen molar-refractivity contribution in [2.75, 3.05) is 55.3 Å². The van der Waals surface area contributed by atoms with Gasteiger partial charge in [-0.15, -0.1) is 0 Å². The van der Waals surface area contributed by atoms with Crippen molar-refractivity contribution in [3.8, 4) is 0 Å². The fraction of sp³-hybridized carbons (Fsp3) is 0.579. The molecule has 12 heteroatoms. The summed E-state index contributed by atoms with van der Waals surface area (Å²) in [5.41, 5.74) is -0.150. The molecule has 170 valence electrons. The highest BCUT2D eigenvalue weighted by Crippen LogP contribution is 2.32. The molecule has 3 aliphatic rings. The number of benzene rings is 1. The largest absolute Gasteiger partial charge is 0.442 e. The molecule has 1 unspecified atom stereocenters. The van der Waals surface area contributed by atoms with Crippen LogP contribution in [0.5, 0.6) is 0 Å². The molecule has 4 rings (SSSR count). The van der Waals surface area contributed by atoms with Crippen LogP contribution in [0.4, 0.5) is 25.0 Å². The number of piperazine rings is 1. The van der Waals surface area contributed by atoms with Crippen LogP contribution in [0.15, 0.2) is 12.1 Å². The molecule has 2 saturated heterocycles. The van der Waals surface area contributed by atoms with E-state index in [0.29, 0.717) is 12.5 Å². The first-order valence-electron chi connectivity index (χ1n) is 10.1. The van der Waals surface area contributed by atoms with Crippen LogP contribution in [0.2, 0.25) is 0 Å². The SMILES string of the molecule is CS(=O)(=O)N1CCN(c2c(F)cc(N3CC(CNC(=S)C4CC4)OC3=O)cc2F)CC1. The Labute approximate surface area is 185 Å². The molecule has 0 radical (unpaired) electrons. The molecule has 1 amide bonds. The number of rotatable bonds is 6. The number of cyclic esters (lactones) is 1. The minimum atomic E-state index is -3.34. The quantitative estimate of drug-likeness (QED) is 0.629. The summed E-state index contributed by atoms with van der Waals surface area (Å²) < 4.78 is 59.5. The fourth-order valence-corrected chi connectivity index (χ4v) is 4.94. The smallest absolute Gasteiger partial charge is 0.414 e.